The second-order valence-corrected chi connectivity index (χ2v) is 6.28. The molecule has 0 aliphatic carbocycles. The van der Waals surface area contributed by atoms with Gasteiger partial charge in [0.2, 0.25) is 11.8 Å². The number of carbonyl (C=O) groups is 2. The van der Waals surface area contributed by atoms with E-state index in [1.54, 1.807) is 11.3 Å². The summed E-state index contributed by atoms with van der Waals surface area (Å²) >= 11 is 1.65. The van der Waals surface area contributed by atoms with Crippen molar-refractivity contribution < 1.29 is 9.59 Å². The zero-order valence-electron chi connectivity index (χ0n) is 13.3. The molecular weight excluding hydrogens is 308 g/mol. The smallest absolute Gasteiger partial charge is 0.224 e. The Morgan fingerprint density at radius 3 is 2.57 bits per heavy atom. The molecule has 1 aromatic carbocycles. The molecule has 0 bridgehead atoms. The Balaban J connectivity index is 1.71. The molecule has 0 unspecified atom stereocenters. The summed E-state index contributed by atoms with van der Waals surface area (Å²) in [5.74, 6) is 0.0196. The quantitative estimate of drug-likeness (QED) is 0.809. The van der Waals surface area contributed by atoms with E-state index >= 15 is 0 Å². The van der Waals surface area contributed by atoms with E-state index in [9.17, 15) is 9.59 Å². The number of thiophene rings is 1. The van der Waals surface area contributed by atoms with E-state index in [-0.39, 0.29) is 11.8 Å². The minimum absolute atomic E-state index is 0.0506. The van der Waals surface area contributed by atoms with Crippen molar-refractivity contribution in [2.75, 3.05) is 13.1 Å². The molecule has 0 aliphatic rings. The predicted octanol–water partition coefficient (Wildman–Crippen LogP) is 2.85. The zero-order chi connectivity index (χ0) is 16.5. The van der Waals surface area contributed by atoms with Crippen molar-refractivity contribution in [3.05, 3.63) is 58.3 Å². The molecule has 0 aliphatic heterocycles. The van der Waals surface area contributed by atoms with E-state index in [4.69, 9.17) is 0 Å². The van der Waals surface area contributed by atoms with Gasteiger partial charge in [-0.15, -0.1) is 11.3 Å². The Morgan fingerprint density at radius 1 is 1.13 bits per heavy atom. The molecule has 0 atom stereocenters. The summed E-state index contributed by atoms with van der Waals surface area (Å²) in [6.45, 7) is 3.67. The number of carbonyl (C=O) groups excluding carboxylic acids is 2. The number of nitrogens with one attached hydrogen (secondary N) is 1. The van der Waals surface area contributed by atoms with Gasteiger partial charge >= 0.3 is 0 Å². The van der Waals surface area contributed by atoms with E-state index in [1.165, 1.54) is 4.88 Å². The Hall–Kier alpha value is -2.14. The SMILES string of the molecule is CCN(Cc1cccs1)C(=O)CCNC(=O)Cc1ccccc1. The third-order valence-electron chi connectivity index (χ3n) is 3.53. The largest absolute Gasteiger partial charge is 0.355 e. The topological polar surface area (TPSA) is 49.4 Å². The van der Waals surface area contributed by atoms with Gasteiger partial charge in [0.15, 0.2) is 0 Å². The van der Waals surface area contributed by atoms with E-state index in [0.29, 0.717) is 32.5 Å². The van der Waals surface area contributed by atoms with Gasteiger partial charge in [0.05, 0.1) is 13.0 Å². The normalized spacial score (nSPS) is 10.3. The van der Waals surface area contributed by atoms with Crippen LogP contribution in [0.2, 0.25) is 0 Å². The highest BCUT2D eigenvalue weighted by atomic mass is 32.1. The molecule has 23 heavy (non-hydrogen) atoms. The number of hydrogen-bond acceptors (Lipinski definition) is 3. The van der Waals surface area contributed by atoms with Gasteiger partial charge in [-0.1, -0.05) is 36.4 Å². The lowest BCUT2D eigenvalue weighted by molar-refractivity contribution is -0.131. The van der Waals surface area contributed by atoms with Gasteiger partial charge in [-0.2, -0.15) is 0 Å². The van der Waals surface area contributed by atoms with Crippen LogP contribution in [0, 0.1) is 0 Å². The molecule has 122 valence electrons. The first kappa shape index (κ1) is 17.2. The molecule has 1 heterocycles. The van der Waals surface area contributed by atoms with E-state index < -0.39 is 0 Å². The monoisotopic (exact) mass is 330 g/mol. The van der Waals surface area contributed by atoms with Gasteiger partial charge in [0.1, 0.15) is 0 Å². The van der Waals surface area contributed by atoms with Crippen LogP contribution in [0.25, 0.3) is 0 Å². The summed E-state index contributed by atoms with van der Waals surface area (Å²) in [6, 6.07) is 13.6. The van der Waals surface area contributed by atoms with Crippen molar-refractivity contribution in [3.63, 3.8) is 0 Å². The molecular formula is C18H22N2O2S. The Kier molecular flexibility index (Phi) is 6.81. The van der Waals surface area contributed by atoms with E-state index in [2.05, 4.69) is 5.32 Å². The lowest BCUT2D eigenvalue weighted by atomic mass is 10.1. The van der Waals surface area contributed by atoms with Gasteiger partial charge in [0, 0.05) is 24.4 Å². The summed E-state index contributed by atoms with van der Waals surface area (Å²) in [5.41, 5.74) is 0.976. The number of amides is 2. The molecule has 1 N–H and O–H groups in total. The van der Waals surface area contributed by atoms with Gasteiger partial charge in [0.25, 0.3) is 0 Å². The first-order valence-electron chi connectivity index (χ1n) is 7.80. The van der Waals surface area contributed by atoms with E-state index in [1.807, 2.05) is 59.7 Å². The number of nitrogens with zero attached hydrogens (tertiary/aromatic N) is 1. The average Bonchev–Trinajstić information content (AvgIpc) is 3.06. The minimum atomic E-state index is -0.0506. The van der Waals surface area contributed by atoms with Crippen molar-refractivity contribution in [2.24, 2.45) is 0 Å². The molecule has 0 saturated carbocycles. The van der Waals surface area contributed by atoms with Gasteiger partial charge < -0.3 is 10.2 Å². The minimum Gasteiger partial charge on any atom is -0.355 e. The number of hydrogen-bond donors (Lipinski definition) is 1. The number of rotatable bonds is 8. The maximum Gasteiger partial charge on any atom is 0.224 e. The van der Waals surface area contributed by atoms with Crippen LogP contribution in [0.3, 0.4) is 0 Å². The summed E-state index contributed by atoms with van der Waals surface area (Å²) in [5, 5.41) is 4.83. The molecule has 5 heteroatoms. The molecule has 4 nitrogen and oxygen atoms in total. The molecule has 0 radical (unpaired) electrons. The van der Waals surface area contributed by atoms with Gasteiger partial charge in [-0.25, -0.2) is 0 Å². The van der Waals surface area contributed by atoms with Crippen LogP contribution in [0.15, 0.2) is 47.8 Å². The second kappa shape index (κ2) is 9.10. The lowest BCUT2D eigenvalue weighted by Gasteiger charge is -2.20. The van der Waals surface area contributed by atoms with Gasteiger partial charge in [-0.3, -0.25) is 9.59 Å². The molecule has 2 rings (SSSR count). The van der Waals surface area contributed by atoms with Crippen molar-refractivity contribution in [1.82, 2.24) is 10.2 Å². The van der Waals surface area contributed by atoms with E-state index in [0.717, 1.165) is 5.56 Å². The standard InChI is InChI=1S/C18H22N2O2S/c1-2-20(14-16-9-6-12-23-16)18(22)10-11-19-17(21)13-15-7-4-3-5-8-15/h3-9,12H,2,10-11,13-14H2,1H3,(H,19,21). The van der Waals surface area contributed by atoms with Crippen LogP contribution in [0.4, 0.5) is 0 Å². The highest BCUT2D eigenvalue weighted by Crippen LogP contribution is 2.12. The molecule has 0 spiro atoms. The van der Waals surface area contributed by atoms with Crippen LogP contribution < -0.4 is 5.32 Å². The number of benzene rings is 1. The van der Waals surface area contributed by atoms with Crippen LogP contribution in [-0.2, 0) is 22.6 Å². The molecule has 1 aromatic heterocycles. The Bertz CT molecular complexity index is 611. The summed E-state index contributed by atoms with van der Waals surface area (Å²) in [7, 11) is 0. The maximum atomic E-state index is 12.2. The molecule has 0 saturated heterocycles. The zero-order valence-corrected chi connectivity index (χ0v) is 14.1. The van der Waals surface area contributed by atoms with Crippen LogP contribution in [-0.4, -0.2) is 29.8 Å². The predicted molar refractivity (Wildman–Crippen MR) is 93.2 cm³/mol. The molecule has 2 aromatic rings. The summed E-state index contributed by atoms with van der Waals surface area (Å²) < 4.78 is 0. The van der Waals surface area contributed by atoms with Crippen molar-refractivity contribution in [1.29, 1.82) is 0 Å². The highest BCUT2D eigenvalue weighted by Gasteiger charge is 2.13. The fourth-order valence-electron chi connectivity index (χ4n) is 2.28. The third kappa shape index (κ3) is 5.87. The fraction of sp³-hybridized carbons (Fsp3) is 0.333. The first-order chi connectivity index (χ1) is 11.2. The Labute approximate surface area is 141 Å². The maximum absolute atomic E-state index is 12.2. The van der Waals surface area contributed by atoms with Crippen LogP contribution in [0.5, 0.6) is 0 Å². The van der Waals surface area contributed by atoms with Crippen LogP contribution >= 0.6 is 11.3 Å². The summed E-state index contributed by atoms with van der Waals surface area (Å²) in [6.07, 6.45) is 0.682. The summed E-state index contributed by atoms with van der Waals surface area (Å²) in [4.78, 5) is 27.1. The van der Waals surface area contributed by atoms with Crippen molar-refractivity contribution in [3.8, 4) is 0 Å². The van der Waals surface area contributed by atoms with Crippen molar-refractivity contribution >= 4 is 23.2 Å². The molecule has 2 amide bonds. The average molecular weight is 330 g/mol. The lowest BCUT2D eigenvalue weighted by Crippen LogP contribution is -2.34. The van der Waals surface area contributed by atoms with Crippen molar-refractivity contribution in [2.45, 2.75) is 26.3 Å². The molecule has 0 fully saturated rings. The Morgan fingerprint density at radius 2 is 1.91 bits per heavy atom. The fourth-order valence-corrected chi connectivity index (χ4v) is 3.00. The van der Waals surface area contributed by atoms with Gasteiger partial charge in [-0.05, 0) is 23.9 Å². The third-order valence-corrected chi connectivity index (χ3v) is 4.39. The first-order valence-corrected chi connectivity index (χ1v) is 8.67. The van der Waals surface area contributed by atoms with Crippen LogP contribution in [0.1, 0.15) is 23.8 Å². The second-order valence-electron chi connectivity index (χ2n) is 5.25. The highest BCUT2D eigenvalue weighted by molar-refractivity contribution is 7.09.